The fourth-order valence-corrected chi connectivity index (χ4v) is 2.57. The Morgan fingerprint density at radius 1 is 1.25 bits per heavy atom. The normalized spacial score (nSPS) is 13.2. The SMILES string of the molecule is CN1C(=O)COc2cccc(NC(=O)CCc3ccc(F)cc3)c21. The highest BCUT2D eigenvalue weighted by atomic mass is 19.1. The van der Waals surface area contributed by atoms with E-state index in [1.807, 2.05) is 0 Å². The third-order valence-corrected chi connectivity index (χ3v) is 3.89. The highest BCUT2D eigenvalue weighted by molar-refractivity contribution is 6.04. The number of nitrogens with zero attached hydrogens (tertiary/aromatic N) is 1. The second-order valence-electron chi connectivity index (χ2n) is 5.57. The Morgan fingerprint density at radius 3 is 2.75 bits per heavy atom. The Morgan fingerprint density at radius 2 is 2.00 bits per heavy atom. The maximum absolute atomic E-state index is 12.9. The molecule has 0 aromatic heterocycles. The summed E-state index contributed by atoms with van der Waals surface area (Å²) < 4.78 is 18.3. The Bertz CT molecular complexity index is 774. The Labute approximate surface area is 139 Å². The summed E-state index contributed by atoms with van der Waals surface area (Å²) in [6.45, 7) is -0.00847. The zero-order valence-electron chi connectivity index (χ0n) is 13.2. The van der Waals surface area contributed by atoms with E-state index < -0.39 is 0 Å². The van der Waals surface area contributed by atoms with Gasteiger partial charge in [0.1, 0.15) is 17.3 Å². The summed E-state index contributed by atoms with van der Waals surface area (Å²) in [6.07, 6.45) is 0.764. The van der Waals surface area contributed by atoms with Crippen LogP contribution in [0.1, 0.15) is 12.0 Å². The maximum atomic E-state index is 12.9. The van der Waals surface area contributed by atoms with Crippen LogP contribution in [0.4, 0.5) is 15.8 Å². The molecule has 0 atom stereocenters. The lowest BCUT2D eigenvalue weighted by Crippen LogP contribution is -2.36. The molecule has 0 spiro atoms. The molecule has 1 aliphatic heterocycles. The lowest BCUT2D eigenvalue weighted by Gasteiger charge is -2.28. The highest BCUT2D eigenvalue weighted by Gasteiger charge is 2.25. The van der Waals surface area contributed by atoms with E-state index in [1.54, 1.807) is 37.4 Å². The Balaban J connectivity index is 1.69. The van der Waals surface area contributed by atoms with E-state index in [-0.39, 0.29) is 30.7 Å². The Kier molecular flexibility index (Phi) is 4.46. The number of hydrogen-bond donors (Lipinski definition) is 1. The number of para-hydroxylation sites is 1. The number of ether oxygens (including phenoxy) is 1. The van der Waals surface area contributed by atoms with Crippen molar-refractivity contribution in [2.24, 2.45) is 0 Å². The minimum absolute atomic E-state index is 0.00847. The first kappa shape index (κ1) is 16.0. The minimum Gasteiger partial charge on any atom is -0.481 e. The van der Waals surface area contributed by atoms with Gasteiger partial charge in [-0.15, -0.1) is 0 Å². The van der Waals surface area contributed by atoms with Gasteiger partial charge >= 0.3 is 0 Å². The molecule has 124 valence electrons. The molecular formula is C18H17FN2O3. The number of anilines is 2. The molecule has 3 rings (SSSR count). The van der Waals surface area contributed by atoms with Gasteiger partial charge in [-0.3, -0.25) is 9.59 Å². The molecule has 2 aromatic carbocycles. The summed E-state index contributed by atoms with van der Waals surface area (Å²) in [5.74, 6) is -0.0880. The van der Waals surface area contributed by atoms with Crippen molar-refractivity contribution >= 4 is 23.2 Å². The van der Waals surface area contributed by atoms with Crippen molar-refractivity contribution < 1.29 is 18.7 Å². The average Bonchev–Trinajstić information content (AvgIpc) is 2.58. The zero-order valence-corrected chi connectivity index (χ0v) is 13.2. The largest absolute Gasteiger partial charge is 0.481 e. The van der Waals surface area contributed by atoms with Crippen LogP contribution in [0.15, 0.2) is 42.5 Å². The van der Waals surface area contributed by atoms with Gasteiger partial charge in [0.2, 0.25) is 5.91 Å². The predicted octanol–water partition coefficient (Wildman–Crippen LogP) is 2.75. The average molecular weight is 328 g/mol. The quantitative estimate of drug-likeness (QED) is 0.939. The van der Waals surface area contributed by atoms with Crippen LogP contribution in [0.5, 0.6) is 5.75 Å². The maximum Gasteiger partial charge on any atom is 0.264 e. The van der Waals surface area contributed by atoms with Gasteiger partial charge in [0.25, 0.3) is 5.91 Å². The van der Waals surface area contributed by atoms with Gasteiger partial charge in [0.15, 0.2) is 6.61 Å². The number of fused-ring (bicyclic) bond motifs is 1. The van der Waals surface area contributed by atoms with E-state index in [0.29, 0.717) is 23.5 Å². The number of halogens is 1. The lowest BCUT2D eigenvalue weighted by atomic mass is 10.1. The third-order valence-electron chi connectivity index (χ3n) is 3.89. The Hall–Kier alpha value is -2.89. The predicted molar refractivity (Wildman–Crippen MR) is 88.7 cm³/mol. The second-order valence-corrected chi connectivity index (χ2v) is 5.57. The van der Waals surface area contributed by atoms with Crippen molar-refractivity contribution in [2.75, 3.05) is 23.9 Å². The summed E-state index contributed by atoms with van der Waals surface area (Å²) in [6, 6.07) is 11.3. The van der Waals surface area contributed by atoms with Gasteiger partial charge < -0.3 is 15.0 Å². The number of rotatable bonds is 4. The van der Waals surface area contributed by atoms with E-state index in [9.17, 15) is 14.0 Å². The summed E-state index contributed by atoms with van der Waals surface area (Å²) in [4.78, 5) is 25.5. The molecule has 1 N–H and O–H groups in total. The van der Waals surface area contributed by atoms with Crippen molar-refractivity contribution in [2.45, 2.75) is 12.8 Å². The molecule has 0 fully saturated rings. The van der Waals surface area contributed by atoms with Crippen molar-refractivity contribution in [3.8, 4) is 5.75 Å². The first-order valence-electron chi connectivity index (χ1n) is 7.61. The number of carbonyl (C=O) groups is 2. The van der Waals surface area contributed by atoms with Gasteiger partial charge in [-0.25, -0.2) is 4.39 Å². The van der Waals surface area contributed by atoms with Crippen molar-refractivity contribution in [1.29, 1.82) is 0 Å². The molecule has 24 heavy (non-hydrogen) atoms. The van der Waals surface area contributed by atoms with Crippen LogP contribution < -0.4 is 15.0 Å². The molecule has 2 aromatic rings. The topological polar surface area (TPSA) is 58.6 Å². The van der Waals surface area contributed by atoms with Crippen molar-refractivity contribution in [1.82, 2.24) is 0 Å². The van der Waals surface area contributed by atoms with Crippen LogP contribution in [0, 0.1) is 5.82 Å². The van der Waals surface area contributed by atoms with E-state index in [2.05, 4.69) is 5.32 Å². The number of aryl methyl sites for hydroxylation is 1. The van der Waals surface area contributed by atoms with Crippen LogP contribution in [-0.2, 0) is 16.0 Å². The van der Waals surface area contributed by atoms with E-state index in [0.717, 1.165) is 5.56 Å². The van der Waals surface area contributed by atoms with Crippen molar-refractivity contribution in [3.05, 3.63) is 53.8 Å². The smallest absolute Gasteiger partial charge is 0.264 e. The van der Waals surface area contributed by atoms with E-state index in [4.69, 9.17) is 4.74 Å². The lowest BCUT2D eigenvalue weighted by molar-refractivity contribution is -0.121. The number of amides is 2. The summed E-state index contributed by atoms with van der Waals surface area (Å²) in [5, 5.41) is 2.82. The third kappa shape index (κ3) is 3.37. The summed E-state index contributed by atoms with van der Waals surface area (Å²) in [7, 11) is 1.65. The number of nitrogens with one attached hydrogen (secondary N) is 1. The van der Waals surface area contributed by atoms with Gasteiger partial charge in [-0.05, 0) is 36.2 Å². The molecular weight excluding hydrogens is 311 g/mol. The standard InChI is InChI=1S/C18H17FN2O3/c1-21-17(23)11-24-15-4-2-3-14(18(15)21)20-16(22)10-7-12-5-8-13(19)9-6-12/h2-6,8-9H,7,10-11H2,1H3,(H,20,22). The minimum atomic E-state index is -0.299. The molecule has 1 aliphatic rings. The summed E-state index contributed by atoms with van der Waals surface area (Å²) in [5.41, 5.74) is 1.98. The first-order valence-corrected chi connectivity index (χ1v) is 7.61. The fraction of sp³-hybridized carbons (Fsp3) is 0.222. The molecule has 0 unspecified atom stereocenters. The molecule has 0 saturated carbocycles. The van der Waals surface area contributed by atoms with Crippen LogP contribution in [0.2, 0.25) is 0 Å². The van der Waals surface area contributed by atoms with Gasteiger partial charge in [-0.2, -0.15) is 0 Å². The van der Waals surface area contributed by atoms with Gasteiger partial charge in [0.05, 0.1) is 5.69 Å². The molecule has 2 amide bonds. The highest BCUT2D eigenvalue weighted by Crippen LogP contribution is 2.38. The van der Waals surface area contributed by atoms with E-state index >= 15 is 0 Å². The molecule has 6 heteroatoms. The number of carbonyl (C=O) groups excluding carboxylic acids is 2. The molecule has 5 nitrogen and oxygen atoms in total. The number of hydrogen-bond acceptors (Lipinski definition) is 3. The van der Waals surface area contributed by atoms with Crippen LogP contribution in [0.25, 0.3) is 0 Å². The fourth-order valence-electron chi connectivity index (χ4n) is 2.57. The monoisotopic (exact) mass is 328 g/mol. The number of benzene rings is 2. The van der Waals surface area contributed by atoms with Gasteiger partial charge in [-0.1, -0.05) is 18.2 Å². The number of likely N-dealkylation sites (N-methyl/N-ethyl adjacent to an activating group) is 1. The second kappa shape index (κ2) is 6.70. The summed E-state index contributed by atoms with van der Waals surface area (Å²) >= 11 is 0. The van der Waals surface area contributed by atoms with Gasteiger partial charge in [0, 0.05) is 13.5 Å². The molecule has 0 saturated heterocycles. The first-order chi connectivity index (χ1) is 11.5. The molecule has 0 bridgehead atoms. The van der Waals surface area contributed by atoms with E-state index in [1.165, 1.54) is 17.0 Å². The van der Waals surface area contributed by atoms with Crippen LogP contribution in [0.3, 0.4) is 0 Å². The molecule has 1 heterocycles. The molecule has 0 aliphatic carbocycles. The van der Waals surface area contributed by atoms with Crippen LogP contribution in [-0.4, -0.2) is 25.5 Å². The van der Waals surface area contributed by atoms with Crippen LogP contribution >= 0.6 is 0 Å². The zero-order chi connectivity index (χ0) is 17.1. The molecule has 0 radical (unpaired) electrons. The van der Waals surface area contributed by atoms with Crippen molar-refractivity contribution in [3.63, 3.8) is 0 Å².